The lowest BCUT2D eigenvalue weighted by atomic mass is 9.69. The molecule has 0 fully saturated rings. The molecule has 0 spiro atoms. The summed E-state index contributed by atoms with van der Waals surface area (Å²) >= 11 is 0. The molecule has 180 valence electrons. The van der Waals surface area contributed by atoms with E-state index in [1.165, 1.54) is 25.7 Å². The lowest BCUT2D eigenvalue weighted by molar-refractivity contribution is 0.289. The van der Waals surface area contributed by atoms with E-state index in [1.807, 2.05) is 12.1 Å². The molecule has 1 atom stereocenters. The molecule has 0 bridgehead atoms. The van der Waals surface area contributed by atoms with Crippen molar-refractivity contribution in [1.29, 1.82) is 5.26 Å². The second kappa shape index (κ2) is 13.6. The second-order valence-electron chi connectivity index (χ2n) is 8.92. The van der Waals surface area contributed by atoms with Gasteiger partial charge in [-0.2, -0.15) is 5.26 Å². The molecule has 0 aliphatic heterocycles. The third-order valence-corrected chi connectivity index (χ3v) is 6.68. The molecular weight excluding hydrogens is 424 g/mol. The first-order valence-corrected chi connectivity index (χ1v) is 11.5. The molecule has 0 heterocycles. The van der Waals surface area contributed by atoms with Crippen LogP contribution in [0.15, 0.2) is 23.8 Å². The molecule has 1 aromatic carbocycles. The Labute approximate surface area is 201 Å². The number of ether oxygens (including phenoxy) is 3. The van der Waals surface area contributed by atoms with Gasteiger partial charge in [-0.1, -0.05) is 25.5 Å². The highest BCUT2D eigenvalue weighted by atomic mass is 35.5. The van der Waals surface area contributed by atoms with Crippen LogP contribution in [0, 0.1) is 17.2 Å². The van der Waals surface area contributed by atoms with E-state index in [0.29, 0.717) is 17.2 Å². The first-order valence-electron chi connectivity index (χ1n) is 11.5. The van der Waals surface area contributed by atoms with Crippen LogP contribution >= 0.6 is 12.4 Å². The summed E-state index contributed by atoms with van der Waals surface area (Å²) < 4.78 is 16.6. The Kier molecular flexibility index (Phi) is 12.0. The zero-order valence-electron chi connectivity index (χ0n) is 20.7. The van der Waals surface area contributed by atoms with Crippen LogP contribution in [0.1, 0.15) is 64.4 Å². The number of halogens is 1. The van der Waals surface area contributed by atoms with E-state index >= 15 is 0 Å². The summed E-state index contributed by atoms with van der Waals surface area (Å²) in [7, 11) is 7.01. The molecule has 0 amide bonds. The number of rotatable bonds is 12. The quantitative estimate of drug-likeness (QED) is 0.347. The minimum atomic E-state index is -0.612. The third-order valence-electron chi connectivity index (χ3n) is 6.68. The molecule has 0 saturated carbocycles. The molecule has 32 heavy (non-hydrogen) atoms. The van der Waals surface area contributed by atoms with Gasteiger partial charge in [0.2, 0.25) is 5.75 Å². The lowest BCUT2D eigenvalue weighted by Gasteiger charge is -2.33. The van der Waals surface area contributed by atoms with Crippen molar-refractivity contribution in [2.75, 3.05) is 41.5 Å². The van der Waals surface area contributed by atoms with Gasteiger partial charge in [0.05, 0.1) is 32.8 Å². The van der Waals surface area contributed by atoms with Crippen molar-refractivity contribution in [3.63, 3.8) is 0 Å². The van der Waals surface area contributed by atoms with Gasteiger partial charge in [-0.25, -0.2) is 0 Å². The van der Waals surface area contributed by atoms with Crippen LogP contribution in [-0.2, 0) is 5.41 Å². The monoisotopic (exact) mass is 464 g/mol. The van der Waals surface area contributed by atoms with Gasteiger partial charge < -0.3 is 19.1 Å². The Morgan fingerprint density at radius 1 is 1.06 bits per heavy atom. The van der Waals surface area contributed by atoms with Crippen LogP contribution in [0.25, 0.3) is 0 Å². The van der Waals surface area contributed by atoms with Gasteiger partial charge in [-0.05, 0) is 82.2 Å². The summed E-state index contributed by atoms with van der Waals surface area (Å²) in [5.41, 5.74) is 1.93. The number of allylic oxidation sites excluding steroid dienone is 1. The molecule has 5 nitrogen and oxygen atoms in total. The van der Waals surface area contributed by atoms with Crippen molar-refractivity contribution < 1.29 is 14.2 Å². The fourth-order valence-electron chi connectivity index (χ4n) is 4.56. The highest BCUT2D eigenvalue weighted by Crippen LogP contribution is 2.45. The summed E-state index contributed by atoms with van der Waals surface area (Å²) in [6.07, 6.45) is 10.5. The number of nitrogens with zero attached hydrogens (tertiary/aromatic N) is 2. The highest BCUT2D eigenvalue weighted by Gasteiger charge is 2.37. The van der Waals surface area contributed by atoms with Crippen LogP contribution in [-0.4, -0.2) is 46.4 Å². The van der Waals surface area contributed by atoms with E-state index in [9.17, 15) is 5.26 Å². The van der Waals surface area contributed by atoms with Gasteiger partial charge in [0.15, 0.2) is 11.5 Å². The number of methoxy groups -OCH3 is 3. The van der Waals surface area contributed by atoms with Crippen molar-refractivity contribution in [1.82, 2.24) is 4.90 Å². The lowest BCUT2D eigenvalue weighted by Crippen LogP contribution is -2.32. The van der Waals surface area contributed by atoms with E-state index in [4.69, 9.17) is 14.2 Å². The minimum Gasteiger partial charge on any atom is -0.493 e. The van der Waals surface area contributed by atoms with E-state index in [2.05, 4.69) is 37.9 Å². The summed E-state index contributed by atoms with van der Waals surface area (Å²) in [5.74, 6) is 1.89. The molecule has 1 unspecified atom stereocenters. The van der Waals surface area contributed by atoms with E-state index in [1.54, 1.807) is 26.9 Å². The van der Waals surface area contributed by atoms with Crippen LogP contribution in [0.3, 0.4) is 0 Å². The summed E-state index contributed by atoms with van der Waals surface area (Å²) in [6.45, 7) is 6.29. The maximum absolute atomic E-state index is 10.3. The Bertz CT molecular complexity index is 763. The van der Waals surface area contributed by atoms with Crippen molar-refractivity contribution >= 4 is 12.4 Å². The fraction of sp³-hybridized carbons (Fsp3) is 0.654. The fourth-order valence-corrected chi connectivity index (χ4v) is 4.56. The van der Waals surface area contributed by atoms with Crippen LogP contribution in [0.2, 0.25) is 0 Å². The van der Waals surface area contributed by atoms with E-state index < -0.39 is 5.41 Å². The van der Waals surface area contributed by atoms with Crippen molar-refractivity contribution in [3.05, 3.63) is 29.3 Å². The van der Waals surface area contributed by atoms with Crippen molar-refractivity contribution in [2.24, 2.45) is 5.92 Å². The Hall–Kier alpha value is -1.90. The zero-order valence-corrected chi connectivity index (χ0v) is 21.5. The minimum absolute atomic E-state index is 0. The largest absolute Gasteiger partial charge is 0.493 e. The van der Waals surface area contributed by atoms with Gasteiger partial charge in [-0.3, -0.25) is 0 Å². The van der Waals surface area contributed by atoms with Gasteiger partial charge >= 0.3 is 0 Å². The average Bonchev–Trinajstić information content (AvgIpc) is 2.80. The van der Waals surface area contributed by atoms with Crippen molar-refractivity contribution in [3.8, 4) is 23.3 Å². The average molecular weight is 465 g/mol. The summed E-state index contributed by atoms with van der Waals surface area (Å²) in [4.78, 5) is 2.40. The molecule has 1 aliphatic carbocycles. The summed E-state index contributed by atoms with van der Waals surface area (Å²) in [5, 5.41) is 10.3. The molecule has 0 aromatic heterocycles. The smallest absolute Gasteiger partial charge is 0.203 e. The molecule has 0 N–H and O–H groups in total. The predicted molar refractivity (Wildman–Crippen MR) is 133 cm³/mol. The van der Waals surface area contributed by atoms with Crippen LogP contribution in [0.4, 0.5) is 0 Å². The maximum Gasteiger partial charge on any atom is 0.203 e. The maximum atomic E-state index is 10.3. The predicted octanol–water partition coefficient (Wildman–Crippen LogP) is 6.15. The van der Waals surface area contributed by atoms with Crippen LogP contribution < -0.4 is 14.2 Å². The normalized spacial score (nSPS) is 15.4. The van der Waals surface area contributed by atoms with Gasteiger partial charge in [0, 0.05) is 6.54 Å². The molecule has 6 heteroatoms. The molecule has 2 rings (SSSR count). The Morgan fingerprint density at radius 2 is 1.72 bits per heavy atom. The second-order valence-corrected chi connectivity index (χ2v) is 8.92. The van der Waals surface area contributed by atoms with Gasteiger partial charge in [0.25, 0.3) is 0 Å². The standard InChI is InChI=1S/C26H40N2O3.ClH/c1-20(2)26(19-27,22-17-23(29-4)25(31-6)24(18-22)30-5)14-10-15-28(3)16-13-21-11-8-7-9-12-21;/h11,17-18,20H,7-10,12-16H2,1-6H3;1H. The van der Waals surface area contributed by atoms with Crippen LogP contribution in [0.5, 0.6) is 17.2 Å². The molecule has 0 saturated heterocycles. The number of hydrogen-bond acceptors (Lipinski definition) is 5. The third kappa shape index (κ3) is 6.80. The molecular formula is C26H41ClN2O3. The number of hydrogen-bond donors (Lipinski definition) is 0. The first-order chi connectivity index (χ1) is 14.9. The molecule has 1 aromatic rings. The van der Waals surface area contributed by atoms with E-state index in [0.717, 1.165) is 37.9 Å². The van der Waals surface area contributed by atoms with Crippen molar-refractivity contribution in [2.45, 2.75) is 64.2 Å². The number of benzene rings is 1. The topological polar surface area (TPSA) is 54.7 Å². The Morgan fingerprint density at radius 3 is 2.19 bits per heavy atom. The SMILES string of the molecule is COc1cc(C(C#N)(CCCN(C)CCC2=CCCCC2)C(C)C)cc(OC)c1OC.Cl. The first kappa shape index (κ1) is 28.1. The highest BCUT2D eigenvalue weighted by molar-refractivity contribution is 5.85. The number of nitriles is 1. The molecule has 0 radical (unpaired) electrons. The van der Waals surface area contributed by atoms with E-state index in [-0.39, 0.29) is 18.3 Å². The molecule has 1 aliphatic rings. The zero-order chi connectivity index (χ0) is 22.9. The summed E-state index contributed by atoms with van der Waals surface area (Å²) in [6, 6.07) is 6.52. The van der Waals surface area contributed by atoms with Gasteiger partial charge in [-0.15, -0.1) is 12.4 Å². The Balaban J connectivity index is 0.00000512. The van der Waals surface area contributed by atoms with Gasteiger partial charge in [0.1, 0.15) is 0 Å².